The van der Waals surface area contributed by atoms with Gasteiger partial charge in [-0.2, -0.15) is 5.26 Å². The lowest BCUT2D eigenvalue weighted by Crippen LogP contribution is -2.18. The standard InChI is InChI=1S/C13H18N2O/c1-10-7-11(2)13(16-4)12(8-10)9-15(3)6-5-14/h7-8H,6,9H2,1-4H3. The van der Waals surface area contributed by atoms with Crippen molar-refractivity contribution in [1.29, 1.82) is 5.26 Å². The van der Waals surface area contributed by atoms with Crippen LogP contribution in [0.5, 0.6) is 5.75 Å². The molecule has 0 aliphatic carbocycles. The molecule has 0 radical (unpaired) electrons. The Hall–Kier alpha value is -1.53. The lowest BCUT2D eigenvalue weighted by atomic mass is 10.1. The molecule has 0 N–H and O–H groups in total. The molecule has 0 unspecified atom stereocenters. The summed E-state index contributed by atoms with van der Waals surface area (Å²) in [7, 11) is 3.62. The molecular formula is C13H18N2O. The zero-order chi connectivity index (χ0) is 12.1. The van der Waals surface area contributed by atoms with Crippen molar-refractivity contribution in [2.75, 3.05) is 20.7 Å². The summed E-state index contributed by atoms with van der Waals surface area (Å²) in [6, 6.07) is 6.35. The van der Waals surface area contributed by atoms with Crippen LogP contribution in [0.1, 0.15) is 16.7 Å². The summed E-state index contributed by atoms with van der Waals surface area (Å²) in [5.41, 5.74) is 3.50. The second-order valence-electron chi connectivity index (χ2n) is 4.10. The zero-order valence-electron chi connectivity index (χ0n) is 10.4. The first kappa shape index (κ1) is 12.5. The van der Waals surface area contributed by atoms with Crippen LogP contribution in [-0.4, -0.2) is 25.6 Å². The highest BCUT2D eigenvalue weighted by Gasteiger charge is 2.09. The van der Waals surface area contributed by atoms with Gasteiger partial charge in [-0.05, 0) is 26.5 Å². The van der Waals surface area contributed by atoms with Crippen molar-refractivity contribution in [3.63, 3.8) is 0 Å². The minimum atomic E-state index is 0.427. The molecule has 86 valence electrons. The second-order valence-corrected chi connectivity index (χ2v) is 4.10. The maximum atomic E-state index is 8.63. The maximum absolute atomic E-state index is 8.63. The fourth-order valence-electron chi connectivity index (χ4n) is 1.92. The van der Waals surface area contributed by atoms with Gasteiger partial charge in [-0.15, -0.1) is 0 Å². The van der Waals surface area contributed by atoms with Gasteiger partial charge in [0.15, 0.2) is 0 Å². The molecular weight excluding hydrogens is 200 g/mol. The summed E-state index contributed by atoms with van der Waals surface area (Å²) in [6.07, 6.45) is 0. The van der Waals surface area contributed by atoms with E-state index >= 15 is 0 Å². The number of methoxy groups -OCH3 is 1. The molecule has 0 aromatic heterocycles. The van der Waals surface area contributed by atoms with E-state index < -0.39 is 0 Å². The minimum Gasteiger partial charge on any atom is -0.496 e. The molecule has 0 fully saturated rings. The van der Waals surface area contributed by atoms with Gasteiger partial charge in [0, 0.05) is 12.1 Å². The van der Waals surface area contributed by atoms with Crippen LogP contribution >= 0.6 is 0 Å². The molecule has 0 atom stereocenters. The number of ether oxygens (including phenoxy) is 1. The van der Waals surface area contributed by atoms with Crippen molar-refractivity contribution >= 4 is 0 Å². The fourth-order valence-corrected chi connectivity index (χ4v) is 1.92. The number of rotatable bonds is 4. The van der Waals surface area contributed by atoms with E-state index in [0.29, 0.717) is 6.54 Å². The van der Waals surface area contributed by atoms with Gasteiger partial charge in [0.1, 0.15) is 5.75 Å². The van der Waals surface area contributed by atoms with Crippen LogP contribution in [0.2, 0.25) is 0 Å². The first-order valence-electron chi connectivity index (χ1n) is 5.28. The Morgan fingerprint density at radius 1 is 1.38 bits per heavy atom. The van der Waals surface area contributed by atoms with Crippen molar-refractivity contribution in [2.24, 2.45) is 0 Å². The molecule has 1 aromatic carbocycles. The molecule has 0 saturated heterocycles. The Morgan fingerprint density at radius 2 is 2.06 bits per heavy atom. The predicted octanol–water partition coefficient (Wildman–Crippen LogP) is 2.27. The third-order valence-corrected chi connectivity index (χ3v) is 2.48. The third kappa shape index (κ3) is 2.98. The molecule has 0 heterocycles. The number of hydrogen-bond acceptors (Lipinski definition) is 3. The van der Waals surface area contributed by atoms with E-state index in [-0.39, 0.29) is 0 Å². The first-order valence-corrected chi connectivity index (χ1v) is 5.28. The summed E-state index contributed by atoms with van der Waals surface area (Å²) in [4.78, 5) is 1.97. The van der Waals surface area contributed by atoms with Crippen molar-refractivity contribution in [2.45, 2.75) is 20.4 Å². The smallest absolute Gasteiger partial charge is 0.126 e. The van der Waals surface area contributed by atoms with Gasteiger partial charge in [0.05, 0.1) is 19.7 Å². The average Bonchev–Trinajstić information content (AvgIpc) is 2.17. The fraction of sp³-hybridized carbons (Fsp3) is 0.462. The Bertz CT molecular complexity index is 407. The highest BCUT2D eigenvalue weighted by atomic mass is 16.5. The molecule has 1 aromatic rings. The van der Waals surface area contributed by atoms with Crippen LogP contribution in [0.25, 0.3) is 0 Å². The number of benzene rings is 1. The van der Waals surface area contributed by atoms with Crippen LogP contribution in [0.3, 0.4) is 0 Å². The van der Waals surface area contributed by atoms with Gasteiger partial charge in [-0.1, -0.05) is 17.7 Å². The van der Waals surface area contributed by atoms with Crippen LogP contribution in [0, 0.1) is 25.2 Å². The van der Waals surface area contributed by atoms with Crippen LogP contribution in [0.4, 0.5) is 0 Å². The zero-order valence-corrected chi connectivity index (χ0v) is 10.4. The van der Waals surface area contributed by atoms with Gasteiger partial charge in [0.25, 0.3) is 0 Å². The average molecular weight is 218 g/mol. The van der Waals surface area contributed by atoms with E-state index in [1.807, 2.05) is 18.9 Å². The number of aryl methyl sites for hydroxylation is 2. The van der Waals surface area contributed by atoms with E-state index in [1.54, 1.807) is 7.11 Å². The Balaban J connectivity index is 2.98. The van der Waals surface area contributed by atoms with E-state index in [1.165, 1.54) is 5.56 Å². The Labute approximate surface area is 97.3 Å². The van der Waals surface area contributed by atoms with E-state index in [2.05, 4.69) is 25.1 Å². The Kier molecular flexibility index (Phi) is 4.33. The van der Waals surface area contributed by atoms with Gasteiger partial charge >= 0.3 is 0 Å². The van der Waals surface area contributed by atoms with Gasteiger partial charge in [-0.25, -0.2) is 0 Å². The molecule has 0 amide bonds. The van der Waals surface area contributed by atoms with E-state index in [4.69, 9.17) is 10.00 Å². The van der Waals surface area contributed by atoms with E-state index in [0.717, 1.165) is 23.4 Å². The first-order chi connectivity index (χ1) is 7.58. The van der Waals surface area contributed by atoms with Crippen LogP contribution in [-0.2, 0) is 6.54 Å². The molecule has 16 heavy (non-hydrogen) atoms. The summed E-state index contributed by atoms with van der Waals surface area (Å²) < 4.78 is 5.40. The SMILES string of the molecule is COc1c(C)cc(C)cc1CN(C)CC#N. The molecule has 0 spiro atoms. The van der Waals surface area contributed by atoms with Gasteiger partial charge < -0.3 is 4.74 Å². The quantitative estimate of drug-likeness (QED) is 0.727. The van der Waals surface area contributed by atoms with E-state index in [9.17, 15) is 0 Å². The third-order valence-electron chi connectivity index (χ3n) is 2.48. The van der Waals surface area contributed by atoms with Crippen molar-refractivity contribution in [1.82, 2.24) is 4.90 Å². The lowest BCUT2D eigenvalue weighted by molar-refractivity contribution is 0.348. The summed E-state index contributed by atoms with van der Waals surface area (Å²) in [6.45, 7) is 5.27. The molecule has 3 nitrogen and oxygen atoms in total. The van der Waals surface area contributed by atoms with Gasteiger partial charge in [0.2, 0.25) is 0 Å². The van der Waals surface area contributed by atoms with Crippen molar-refractivity contribution in [3.8, 4) is 11.8 Å². The molecule has 3 heteroatoms. The molecule has 0 bridgehead atoms. The number of nitriles is 1. The van der Waals surface area contributed by atoms with Gasteiger partial charge in [-0.3, -0.25) is 4.90 Å². The summed E-state index contributed by atoms with van der Waals surface area (Å²) in [5, 5.41) is 8.63. The van der Waals surface area contributed by atoms with Crippen LogP contribution < -0.4 is 4.74 Å². The highest BCUT2D eigenvalue weighted by Crippen LogP contribution is 2.25. The summed E-state index contributed by atoms with van der Waals surface area (Å²) in [5.74, 6) is 0.926. The molecule has 0 aliphatic rings. The lowest BCUT2D eigenvalue weighted by Gasteiger charge is -2.17. The maximum Gasteiger partial charge on any atom is 0.126 e. The minimum absolute atomic E-state index is 0.427. The largest absolute Gasteiger partial charge is 0.496 e. The molecule has 0 aliphatic heterocycles. The van der Waals surface area contributed by atoms with Crippen molar-refractivity contribution in [3.05, 3.63) is 28.8 Å². The normalized spacial score (nSPS) is 10.2. The van der Waals surface area contributed by atoms with Crippen molar-refractivity contribution < 1.29 is 4.74 Å². The highest BCUT2D eigenvalue weighted by molar-refractivity contribution is 5.43. The number of nitrogens with zero attached hydrogens (tertiary/aromatic N) is 2. The van der Waals surface area contributed by atoms with Crippen LogP contribution in [0.15, 0.2) is 12.1 Å². The second kappa shape index (κ2) is 5.53. The summed E-state index contributed by atoms with van der Waals surface area (Å²) >= 11 is 0. The monoisotopic (exact) mass is 218 g/mol. The molecule has 0 saturated carbocycles. The Morgan fingerprint density at radius 3 is 2.62 bits per heavy atom. The number of hydrogen-bond donors (Lipinski definition) is 0. The topological polar surface area (TPSA) is 36.3 Å². The predicted molar refractivity (Wildman–Crippen MR) is 64.4 cm³/mol. The molecule has 1 rings (SSSR count).